The summed E-state index contributed by atoms with van der Waals surface area (Å²) in [5.41, 5.74) is 0. The van der Waals surface area contributed by atoms with Crippen molar-refractivity contribution >= 4 is 10.3 Å². The Morgan fingerprint density at radius 1 is 1.25 bits per heavy atom. The molecule has 0 radical (unpaired) electrons. The van der Waals surface area contributed by atoms with Crippen molar-refractivity contribution in [2.75, 3.05) is 0 Å². The van der Waals surface area contributed by atoms with E-state index in [2.05, 4.69) is 9.32 Å². The van der Waals surface area contributed by atoms with Crippen LogP contribution >= 0.6 is 0 Å². The summed E-state index contributed by atoms with van der Waals surface area (Å²) in [5, 5.41) is 4.62. The molecule has 0 saturated carbocycles. The fourth-order valence-corrected chi connectivity index (χ4v) is 0.990. The second kappa shape index (κ2) is 5.33. The van der Waals surface area contributed by atoms with Gasteiger partial charge >= 0.3 is 61.7 Å². The van der Waals surface area contributed by atoms with Gasteiger partial charge in [0.1, 0.15) is 5.75 Å². The Balaban J connectivity index is 0. The van der Waals surface area contributed by atoms with Crippen molar-refractivity contribution in [3.63, 3.8) is 0 Å². The molecule has 0 atom stereocenters. The number of para-hydroxylation sites is 1. The molecule has 0 aliphatic carbocycles. The predicted octanol–water partition coefficient (Wildman–Crippen LogP) is -2.61. The number of hydrogen-bond donors (Lipinski definition) is 1. The van der Waals surface area contributed by atoms with Crippen molar-refractivity contribution in [3.8, 4) is 5.75 Å². The van der Waals surface area contributed by atoms with Crippen LogP contribution in [0.2, 0.25) is 0 Å². The van der Waals surface area contributed by atoms with Crippen LogP contribution in [0.5, 0.6) is 5.75 Å². The first kappa shape index (κ1) is 12.6. The maximum Gasteiger partial charge on any atom is 1.00 e. The Morgan fingerprint density at radius 3 is 2.17 bits per heavy atom. The minimum atomic E-state index is -3.88. The number of benzene rings is 1. The molecule has 1 aromatic rings. The number of rotatable bonds is 2. The first-order valence-electron chi connectivity index (χ1n) is 2.85. The topological polar surface area (TPSA) is 69.4 Å². The number of hydrogen-bond acceptors (Lipinski definition) is 3. The standard InChI is InChI=1S/C6H7NO3S.K.H/c7-11(8,9)10-6-4-2-1-3-5-6;;/h1-5H,(H2,7,8,9);;/q;+1;-1. The van der Waals surface area contributed by atoms with Crippen molar-refractivity contribution in [1.82, 2.24) is 0 Å². The van der Waals surface area contributed by atoms with E-state index in [-0.39, 0.29) is 58.6 Å². The summed E-state index contributed by atoms with van der Waals surface area (Å²) in [5.74, 6) is 0.218. The first-order valence-corrected chi connectivity index (χ1v) is 4.32. The molecule has 0 unspecified atom stereocenters. The molecule has 6 heteroatoms. The van der Waals surface area contributed by atoms with Gasteiger partial charge in [-0.2, -0.15) is 13.6 Å². The Hall–Kier alpha value is 0.566. The zero-order valence-electron chi connectivity index (χ0n) is 7.60. The Kier molecular flexibility index (Phi) is 5.58. The third kappa shape index (κ3) is 5.25. The van der Waals surface area contributed by atoms with Crippen molar-refractivity contribution in [2.24, 2.45) is 5.14 Å². The molecule has 62 valence electrons. The molecule has 0 fully saturated rings. The zero-order valence-corrected chi connectivity index (χ0v) is 10.5. The van der Waals surface area contributed by atoms with Crippen molar-refractivity contribution in [1.29, 1.82) is 0 Å². The normalized spacial score (nSPS) is 10.1. The molecule has 0 aliphatic rings. The van der Waals surface area contributed by atoms with Gasteiger partial charge < -0.3 is 5.61 Å². The molecule has 4 nitrogen and oxygen atoms in total. The van der Waals surface area contributed by atoms with Gasteiger partial charge in [-0.15, -0.1) is 0 Å². The van der Waals surface area contributed by atoms with E-state index in [1.165, 1.54) is 12.1 Å². The Morgan fingerprint density at radius 2 is 1.75 bits per heavy atom. The van der Waals surface area contributed by atoms with Crippen LogP contribution in [0.25, 0.3) is 0 Å². The summed E-state index contributed by atoms with van der Waals surface area (Å²) in [6.45, 7) is 0. The van der Waals surface area contributed by atoms with E-state index in [1.807, 2.05) is 0 Å². The molecule has 2 N–H and O–H groups in total. The minimum absolute atomic E-state index is 0. The molecule has 1 rings (SSSR count). The van der Waals surface area contributed by atoms with E-state index in [4.69, 9.17) is 0 Å². The smallest absolute Gasteiger partial charge is 1.00 e. The molecule has 0 aliphatic heterocycles. The molecule has 0 saturated heterocycles. The average molecular weight is 213 g/mol. The molecule has 12 heavy (non-hydrogen) atoms. The molecular weight excluding hydrogens is 205 g/mol. The van der Waals surface area contributed by atoms with E-state index < -0.39 is 10.3 Å². The Labute approximate surface area is 115 Å². The first-order chi connectivity index (χ1) is 5.08. The van der Waals surface area contributed by atoms with Crippen LogP contribution in [0.3, 0.4) is 0 Å². The van der Waals surface area contributed by atoms with Crippen molar-refractivity contribution in [3.05, 3.63) is 30.3 Å². The third-order valence-corrected chi connectivity index (χ3v) is 1.38. The largest absolute Gasteiger partial charge is 1.00 e. The summed E-state index contributed by atoms with van der Waals surface area (Å²) >= 11 is 0. The fraction of sp³-hybridized carbons (Fsp3) is 0. The van der Waals surface area contributed by atoms with Crippen LogP contribution in [0.4, 0.5) is 0 Å². The average Bonchev–Trinajstić information content (AvgIpc) is 1.85. The summed E-state index contributed by atoms with van der Waals surface area (Å²) in [4.78, 5) is 0. The van der Waals surface area contributed by atoms with E-state index in [0.717, 1.165) is 0 Å². The second-order valence-electron chi connectivity index (χ2n) is 1.89. The predicted molar refractivity (Wildman–Crippen MR) is 41.3 cm³/mol. The van der Waals surface area contributed by atoms with Gasteiger partial charge in [-0.3, -0.25) is 0 Å². The van der Waals surface area contributed by atoms with Crippen LogP contribution < -0.4 is 60.7 Å². The van der Waals surface area contributed by atoms with Crippen LogP contribution in [0, 0.1) is 0 Å². The van der Waals surface area contributed by atoms with E-state index in [9.17, 15) is 8.42 Å². The van der Waals surface area contributed by atoms with E-state index in [1.54, 1.807) is 18.2 Å². The van der Waals surface area contributed by atoms with Crippen LogP contribution in [0.15, 0.2) is 30.3 Å². The fourth-order valence-electron chi connectivity index (χ4n) is 0.610. The van der Waals surface area contributed by atoms with Gasteiger partial charge in [0.2, 0.25) is 0 Å². The number of nitrogens with two attached hydrogens (primary N) is 1. The van der Waals surface area contributed by atoms with E-state index in [0.29, 0.717) is 0 Å². The van der Waals surface area contributed by atoms with E-state index >= 15 is 0 Å². The van der Waals surface area contributed by atoms with Crippen LogP contribution in [0.1, 0.15) is 1.43 Å². The van der Waals surface area contributed by atoms with Gasteiger partial charge in [-0.05, 0) is 12.1 Å². The zero-order chi connectivity index (χ0) is 8.32. The minimum Gasteiger partial charge on any atom is -1.00 e. The maximum absolute atomic E-state index is 10.4. The van der Waals surface area contributed by atoms with Gasteiger partial charge in [0, 0.05) is 0 Å². The summed E-state index contributed by atoms with van der Waals surface area (Å²) in [7, 11) is -3.88. The van der Waals surface area contributed by atoms with Crippen molar-refractivity contribution in [2.45, 2.75) is 0 Å². The molecule has 1 aromatic carbocycles. The van der Waals surface area contributed by atoms with Gasteiger partial charge in [0.25, 0.3) is 0 Å². The van der Waals surface area contributed by atoms with Gasteiger partial charge in [0.15, 0.2) is 0 Å². The molecule has 0 bridgehead atoms. The quantitative estimate of drug-likeness (QED) is 0.547. The molecular formula is C6H8KNO3S. The van der Waals surface area contributed by atoms with Gasteiger partial charge in [-0.1, -0.05) is 18.2 Å². The molecule has 0 spiro atoms. The second-order valence-corrected chi connectivity index (χ2v) is 3.04. The molecule has 0 amide bonds. The maximum atomic E-state index is 10.4. The van der Waals surface area contributed by atoms with Crippen LogP contribution in [-0.2, 0) is 10.3 Å². The molecule has 0 heterocycles. The summed E-state index contributed by atoms with van der Waals surface area (Å²) in [6, 6.07) is 8.06. The SMILES string of the molecule is NS(=O)(=O)Oc1ccccc1.[H-].[K+]. The summed E-state index contributed by atoms with van der Waals surface area (Å²) < 4.78 is 25.1. The monoisotopic (exact) mass is 213 g/mol. The summed E-state index contributed by atoms with van der Waals surface area (Å²) in [6.07, 6.45) is 0. The van der Waals surface area contributed by atoms with Gasteiger partial charge in [0.05, 0.1) is 0 Å². The molecule has 0 aromatic heterocycles. The van der Waals surface area contributed by atoms with Crippen molar-refractivity contribution < 1.29 is 65.4 Å². The third-order valence-electron chi connectivity index (χ3n) is 0.956. The van der Waals surface area contributed by atoms with Crippen LogP contribution in [-0.4, -0.2) is 8.42 Å². The Bertz CT molecular complexity index is 329. The van der Waals surface area contributed by atoms with Gasteiger partial charge in [-0.25, -0.2) is 0 Å².